The molecule has 0 aromatic heterocycles. The van der Waals surface area contributed by atoms with Crippen LogP contribution in [0.1, 0.15) is 336 Å². The maximum Gasteiger partial charge on any atom is 0.312 e. The number of aliphatic hydroxyl groups excluding tert-OH is 1. The zero-order valence-electron chi connectivity index (χ0n) is 69.1. The van der Waals surface area contributed by atoms with Crippen molar-refractivity contribution in [2.45, 2.75) is 375 Å². The van der Waals surface area contributed by atoms with Crippen molar-refractivity contribution in [2.24, 2.45) is 103 Å². The minimum atomic E-state index is -0.455. The summed E-state index contributed by atoms with van der Waals surface area (Å²) in [6, 6.07) is 3.91. The van der Waals surface area contributed by atoms with Crippen molar-refractivity contribution >= 4 is 35.8 Å². The Kier molecular flexibility index (Phi) is 28.2. The molecule has 0 aromatic carbocycles. The first-order valence-corrected chi connectivity index (χ1v) is 41.8. The Bertz CT molecular complexity index is 3050. The third kappa shape index (κ3) is 20.5. The monoisotopic (exact) mass is 1490 g/mol. The molecule has 8 atom stereocenters. The van der Waals surface area contributed by atoms with Crippen molar-refractivity contribution < 1.29 is 71.8 Å². The van der Waals surface area contributed by atoms with Crippen LogP contribution in [-0.4, -0.2) is 114 Å². The van der Waals surface area contributed by atoms with Crippen LogP contribution in [0.5, 0.6) is 0 Å². The summed E-state index contributed by atoms with van der Waals surface area (Å²) in [7, 11) is 1.42. The zero-order chi connectivity index (χ0) is 78.4. The SMILES string of the molecule is C1CC2CCC1C2.CC#N.CCC(C)(C)C(=O)OC.CCC(C)(C)C(=O)OC12CC3CC(C1)CC(C(N)=O)(C3)C2.CCC(C)(C)C(=O)OC12CC3CC(CC(OCCC#N)(C3)C1)C2.CCC(C)(C)C(=O)OC12CC3CC(CC(OCCO)(C3)C1)C2.CCC(C)(C)C(=O)OC12CC3CC(CC(OCN)(C3)C1)C2. The first-order valence-electron chi connectivity index (χ1n) is 41.8. The van der Waals surface area contributed by atoms with E-state index in [1.807, 2.05) is 104 Å². The number of nitrogens with zero attached hydrogens (tertiary/aromatic N) is 2. The molecule has 106 heavy (non-hydrogen) atoms. The van der Waals surface area contributed by atoms with E-state index in [4.69, 9.17) is 60.3 Å². The molecule has 18 bridgehead atoms. The third-order valence-corrected chi connectivity index (χ3v) is 29.1. The van der Waals surface area contributed by atoms with Crippen LogP contribution < -0.4 is 11.5 Å². The van der Waals surface area contributed by atoms with Gasteiger partial charge < -0.3 is 54.5 Å². The lowest BCUT2D eigenvalue weighted by atomic mass is 9.47. The van der Waals surface area contributed by atoms with Crippen LogP contribution in [0.3, 0.4) is 0 Å². The van der Waals surface area contributed by atoms with Gasteiger partial charge in [-0.15, -0.1) is 0 Å². The van der Waals surface area contributed by atoms with E-state index in [-0.39, 0.29) is 88.1 Å². The molecule has 0 aliphatic heterocycles. The molecule has 0 aromatic rings. The molecule has 19 heteroatoms. The van der Waals surface area contributed by atoms with Gasteiger partial charge in [-0.2, -0.15) is 10.5 Å². The minimum absolute atomic E-state index is 0.0464. The quantitative estimate of drug-likeness (QED) is 0.0371. The summed E-state index contributed by atoms with van der Waals surface area (Å²) in [6.07, 6.45) is 36.4. The average molecular weight is 1490 g/mol. The number of hydrogen-bond acceptors (Lipinski definition) is 18. The standard InChI is InChI=1S/C19H29NO3.C18H30O4.C17H29NO3.C17H27NO3.C7H14O2.C7H12.C2H3N/c1-4-17(2,3)16(21)23-19-11-14-8-15(12-19)10-18(9-14,13-19)22-7-5-6-20;1-4-16(2,3)15(20)22-18-10-13-7-14(11-18)9-17(8-13,12-18)21-6-5-19;1-4-15(2,3)14(19)21-17-8-12-5-13(9-17)7-16(6-12,10-17)20-11-18;1-4-15(2,3)14(20)21-17-8-11-5-12(9-17)7-16(6-11,10-17)13(18)19;1-5-7(2,3)6(8)9-4;1-2-7-4-3-6(1)5-7;1-2-3/h14-15H,4-5,7-13H2,1-3H3;13-14,19H,4-12H2,1-3H3;12-13H,4-11,18H2,1-3H3;11-12H,4-10H2,1-3H3,(H2,18,19);5H2,1-4H3;6-7H,1-5H2;1H3. The summed E-state index contributed by atoms with van der Waals surface area (Å²) in [5.41, 5.74) is 7.16. The number of esters is 5. The van der Waals surface area contributed by atoms with E-state index in [0.717, 1.165) is 154 Å². The largest absolute Gasteiger partial charge is 0.469 e. The smallest absolute Gasteiger partial charge is 0.312 e. The van der Waals surface area contributed by atoms with Gasteiger partial charge in [0.05, 0.1) is 102 Å². The Hall–Kier alpha value is -4.40. The van der Waals surface area contributed by atoms with Gasteiger partial charge in [0, 0.05) is 32.6 Å². The summed E-state index contributed by atoms with van der Waals surface area (Å²) in [4.78, 5) is 73.2. The van der Waals surface area contributed by atoms with Crippen LogP contribution >= 0.6 is 0 Å². The number of hydrogen-bond donors (Lipinski definition) is 3. The van der Waals surface area contributed by atoms with Gasteiger partial charge in [-0.25, -0.2) is 0 Å². The van der Waals surface area contributed by atoms with E-state index in [1.54, 1.807) is 38.2 Å². The van der Waals surface area contributed by atoms with Crippen molar-refractivity contribution in [3.05, 3.63) is 0 Å². The molecule has 18 rings (SSSR count). The molecule has 602 valence electrons. The fourth-order valence-electron chi connectivity index (χ4n) is 23.0. The van der Waals surface area contributed by atoms with Gasteiger partial charge in [-0.1, -0.05) is 60.3 Å². The van der Waals surface area contributed by atoms with Crippen LogP contribution in [0.25, 0.3) is 0 Å². The lowest BCUT2D eigenvalue weighted by molar-refractivity contribution is -0.240. The number of methoxy groups -OCH3 is 1. The van der Waals surface area contributed by atoms with Crippen molar-refractivity contribution in [1.29, 1.82) is 10.5 Å². The van der Waals surface area contributed by atoms with Gasteiger partial charge in [-0.05, 0) is 295 Å². The summed E-state index contributed by atoms with van der Waals surface area (Å²) in [5.74, 6) is 6.43. The van der Waals surface area contributed by atoms with Gasteiger partial charge in [-0.3, -0.25) is 28.8 Å². The highest BCUT2D eigenvalue weighted by Crippen LogP contribution is 2.66. The molecule has 18 fully saturated rings. The second-order valence-electron chi connectivity index (χ2n) is 40.0. The number of nitrogens with two attached hydrogens (primary N) is 2. The predicted molar refractivity (Wildman–Crippen MR) is 407 cm³/mol. The Morgan fingerprint density at radius 2 is 0.642 bits per heavy atom. The van der Waals surface area contributed by atoms with Crippen LogP contribution in [0.2, 0.25) is 0 Å². The molecule has 0 spiro atoms. The van der Waals surface area contributed by atoms with Crippen molar-refractivity contribution in [3.63, 3.8) is 0 Å². The molecule has 0 heterocycles. The molecule has 5 N–H and O–H groups in total. The van der Waals surface area contributed by atoms with Crippen LogP contribution in [0, 0.1) is 114 Å². The number of primary amides is 1. The highest BCUT2D eigenvalue weighted by Gasteiger charge is 2.65. The normalized spacial score (nSPS) is 37.1. The van der Waals surface area contributed by atoms with E-state index >= 15 is 0 Å². The number of rotatable bonds is 23. The minimum Gasteiger partial charge on any atom is -0.469 e. The summed E-state index contributed by atoms with van der Waals surface area (Å²) >= 11 is 0. The van der Waals surface area contributed by atoms with Gasteiger partial charge in [0.1, 0.15) is 22.4 Å². The number of carbonyl (C=O) groups excluding carboxylic acids is 6. The van der Waals surface area contributed by atoms with E-state index in [1.165, 1.54) is 51.6 Å². The van der Waals surface area contributed by atoms with Crippen molar-refractivity contribution in [3.8, 4) is 12.1 Å². The van der Waals surface area contributed by atoms with E-state index in [0.29, 0.717) is 73.4 Å². The van der Waals surface area contributed by atoms with Crippen LogP contribution in [-0.2, 0) is 66.7 Å². The molecule has 18 aliphatic carbocycles. The Morgan fingerprint density at radius 1 is 0.396 bits per heavy atom. The first-order chi connectivity index (χ1) is 49.6. The van der Waals surface area contributed by atoms with Gasteiger partial charge in [0.25, 0.3) is 0 Å². The van der Waals surface area contributed by atoms with E-state index < -0.39 is 32.7 Å². The Balaban J connectivity index is 0.000000165. The fraction of sp³-hybridized carbons (Fsp3) is 0.908. The van der Waals surface area contributed by atoms with E-state index in [2.05, 4.69) is 10.8 Å². The number of carbonyl (C=O) groups is 6. The second kappa shape index (κ2) is 34.3. The molecule has 19 nitrogen and oxygen atoms in total. The highest BCUT2D eigenvalue weighted by molar-refractivity contribution is 5.82. The Morgan fingerprint density at radius 3 is 0.868 bits per heavy atom. The van der Waals surface area contributed by atoms with Crippen LogP contribution in [0.4, 0.5) is 0 Å². The summed E-state index contributed by atoms with van der Waals surface area (Å²) < 4.78 is 47.2. The van der Waals surface area contributed by atoms with Crippen molar-refractivity contribution in [1.82, 2.24) is 0 Å². The lowest BCUT2D eigenvalue weighted by Gasteiger charge is -2.61. The maximum atomic E-state index is 12.6. The molecular formula is C87H144N4O15. The number of fused-ring (bicyclic) bond motifs is 2. The number of amides is 1. The van der Waals surface area contributed by atoms with E-state index in [9.17, 15) is 28.8 Å². The topological polar surface area (TPSA) is 296 Å². The average Bonchev–Trinajstić information content (AvgIpc) is 0.963. The summed E-state index contributed by atoms with van der Waals surface area (Å²) in [5, 5.41) is 25.2. The lowest BCUT2D eigenvalue weighted by Crippen LogP contribution is -2.62. The molecule has 18 aliphatic rings. The second-order valence-corrected chi connectivity index (χ2v) is 40.0. The molecule has 0 radical (unpaired) electrons. The molecule has 0 saturated heterocycles. The van der Waals surface area contributed by atoms with Crippen LogP contribution in [0.15, 0.2) is 0 Å². The van der Waals surface area contributed by atoms with Gasteiger partial charge in [0.2, 0.25) is 5.91 Å². The molecule has 1 amide bonds. The van der Waals surface area contributed by atoms with Crippen molar-refractivity contribution in [2.75, 3.05) is 33.7 Å². The van der Waals surface area contributed by atoms with Gasteiger partial charge >= 0.3 is 29.8 Å². The molecule has 18 saturated carbocycles. The third-order valence-electron chi connectivity index (χ3n) is 29.1. The number of ether oxygens (including phenoxy) is 8. The zero-order valence-corrected chi connectivity index (χ0v) is 69.1. The maximum absolute atomic E-state index is 12.6. The number of aliphatic hydroxyl groups is 1. The molecular weight excluding hydrogens is 1340 g/mol. The highest BCUT2D eigenvalue weighted by atomic mass is 16.6. The molecule has 8 unspecified atom stereocenters. The fourth-order valence-corrected chi connectivity index (χ4v) is 23.0. The first kappa shape index (κ1) is 87.2. The van der Waals surface area contributed by atoms with Gasteiger partial charge in [0.15, 0.2) is 0 Å². The Labute approximate surface area is 638 Å². The summed E-state index contributed by atoms with van der Waals surface area (Å²) in [6.45, 7) is 32.2. The predicted octanol–water partition coefficient (Wildman–Crippen LogP) is 17.2. The number of nitriles is 2.